The minimum Gasteiger partial charge on any atom is -0.382 e. The van der Waals surface area contributed by atoms with Crippen LogP contribution >= 0.6 is 0 Å². The Morgan fingerprint density at radius 2 is 2.07 bits per heavy atom. The number of hydrogen-bond acceptors (Lipinski definition) is 4. The van der Waals surface area contributed by atoms with Gasteiger partial charge < -0.3 is 25.0 Å². The van der Waals surface area contributed by atoms with Crippen LogP contribution in [0.25, 0.3) is 0 Å². The maximum Gasteiger partial charge on any atom is 0.243 e. The Kier molecular flexibility index (Phi) is 9.34. The lowest BCUT2D eigenvalue weighted by Gasteiger charge is -2.30. The van der Waals surface area contributed by atoms with Gasteiger partial charge in [-0.1, -0.05) is 12.8 Å². The summed E-state index contributed by atoms with van der Waals surface area (Å²) in [5.74, 6) is 1.26. The van der Waals surface area contributed by atoms with Crippen molar-refractivity contribution in [2.45, 2.75) is 45.4 Å². The number of rotatable bonds is 10. The van der Waals surface area contributed by atoms with Gasteiger partial charge in [0.05, 0.1) is 6.61 Å². The molecule has 1 aliphatic carbocycles. The first kappa shape index (κ1) is 22.0. The van der Waals surface area contributed by atoms with Gasteiger partial charge in [-0.2, -0.15) is 0 Å². The smallest absolute Gasteiger partial charge is 0.243 e. The fourth-order valence-electron chi connectivity index (χ4n) is 3.79. The molecule has 1 saturated carbocycles. The molecule has 156 valence electrons. The number of carbonyl (C=O) groups excluding carboxylic acids is 1. The van der Waals surface area contributed by atoms with Crippen LogP contribution in [0.3, 0.4) is 0 Å². The molecule has 0 bridgehead atoms. The van der Waals surface area contributed by atoms with Crippen LogP contribution < -0.4 is 10.6 Å². The van der Waals surface area contributed by atoms with Crippen LogP contribution in [0.5, 0.6) is 0 Å². The van der Waals surface area contributed by atoms with Crippen molar-refractivity contribution in [3.8, 4) is 0 Å². The summed E-state index contributed by atoms with van der Waals surface area (Å²) in [5.41, 5.74) is 0.277. The van der Waals surface area contributed by atoms with Gasteiger partial charge in [-0.3, -0.25) is 4.79 Å². The molecule has 1 heterocycles. The summed E-state index contributed by atoms with van der Waals surface area (Å²) in [6.45, 7) is 7.14. The summed E-state index contributed by atoms with van der Waals surface area (Å²) in [6, 6.07) is 0. The first-order valence-electron chi connectivity index (χ1n) is 10.4. The number of aliphatic imine (C=N–C) groups is 1. The van der Waals surface area contributed by atoms with E-state index < -0.39 is 0 Å². The minimum atomic E-state index is 0.00669. The molecule has 1 saturated heterocycles. The van der Waals surface area contributed by atoms with E-state index in [1.807, 2.05) is 6.92 Å². The van der Waals surface area contributed by atoms with E-state index in [9.17, 15) is 4.79 Å². The Morgan fingerprint density at radius 1 is 1.30 bits per heavy atom. The molecule has 0 aromatic rings. The van der Waals surface area contributed by atoms with Gasteiger partial charge in [-0.15, -0.1) is 0 Å². The molecule has 7 heteroatoms. The molecule has 1 unspecified atom stereocenters. The maximum absolute atomic E-state index is 11.9. The summed E-state index contributed by atoms with van der Waals surface area (Å²) < 4.78 is 11.1. The summed E-state index contributed by atoms with van der Waals surface area (Å²) >= 11 is 0. The average molecular weight is 383 g/mol. The number of likely N-dealkylation sites (N-methyl/N-ethyl adjacent to an activating group) is 1. The molecule has 0 aromatic carbocycles. The monoisotopic (exact) mass is 382 g/mol. The molecule has 2 fully saturated rings. The fourth-order valence-corrected chi connectivity index (χ4v) is 3.79. The molecule has 1 aliphatic heterocycles. The first-order valence-corrected chi connectivity index (χ1v) is 10.4. The van der Waals surface area contributed by atoms with Crippen LogP contribution in [-0.2, 0) is 14.3 Å². The Bertz CT molecular complexity index is 470. The Morgan fingerprint density at radius 3 is 2.70 bits per heavy atom. The van der Waals surface area contributed by atoms with Crippen LogP contribution in [0.15, 0.2) is 4.99 Å². The quantitative estimate of drug-likeness (QED) is 0.341. The zero-order valence-corrected chi connectivity index (χ0v) is 17.4. The van der Waals surface area contributed by atoms with Crippen molar-refractivity contribution in [3.63, 3.8) is 0 Å². The molecule has 0 spiro atoms. The molecule has 7 nitrogen and oxygen atoms in total. The van der Waals surface area contributed by atoms with E-state index in [-0.39, 0.29) is 17.9 Å². The SMILES string of the molecule is CCOCCC1(CNC(=NCC(=O)N(C)C)NCC2CCOC2)CCCC1. The van der Waals surface area contributed by atoms with Gasteiger partial charge in [-0.05, 0) is 38.0 Å². The molecule has 2 rings (SSSR count). The van der Waals surface area contributed by atoms with E-state index in [4.69, 9.17) is 9.47 Å². The fraction of sp³-hybridized carbons (Fsp3) is 0.900. The number of nitrogens with zero attached hydrogens (tertiary/aromatic N) is 2. The van der Waals surface area contributed by atoms with E-state index in [0.717, 1.165) is 58.3 Å². The van der Waals surface area contributed by atoms with Crippen LogP contribution in [0, 0.1) is 11.3 Å². The number of amides is 1. The second-order valence-electron chi connectivity index (χ2n) is 8.07. The second kappa shape index (κ2) is 11.5. The third-order valence-corrected chi connectivity index (χ3v) is 5.73. The summed E-state index contributed by atoms with van der Waals surface area (Å²) in [7, 11) is 3.52. The number of nitrogens with one attached hydrogen (secondary N) is 2. The van der Waals surface area contributed by atoms with E-state index in [1.165, 1.54) is 25.7 Å². The zero-order chi connectivity index (χ0) is 19.5. The highest BCUT2D eigenvalue weighted by Crippen LogP contribution is 2.40. The lowest BCUT2D eigenvalue weighted by molar-refractivity contribution is -0.127. The van der Waals surface area contributed by atoms with E-state index in [0.29, 0.717) is 5.92 Å². The van der Waals surface area contributed by atoms with Crippen molar-refractivity contribution < 1.29 is 14.3 Å². The van der Waals surface area contributed by atoms with Crippen LogP contribution in [-0.4, -0.2) is 76.9 Å². The van der Waals surface area contributed by atoms with E-state index in [2.05, 4.69) is 15.6 Å². The van der Waals surface area contributed by atoms with Gasteiger partial charge in [-0.25, -0.2) is 4.99 Å². The molecule has 1 atom stereocenters. The Hall–Kier alpha value is -1.34. The predicted molar refractivity (Wildman–Crippen MR) is 108 cm³/mol. The predicted octanol–water partition coefficient (Wildman–Crippen LogP) is 1.63. The summed E-state index contributed by atoms with van der Waals surface area (Å²) in [6.07, 6.45) is 7.18. The van der Waals surface area contributed by atoms with Crippen molar-refractivity contribution in [3.05, 3.63) is 0 Å². The number of carbonyl (C=O) groups is 1. The standard InChI is InChI=1S/C20H38N4O3/c1-4-26-12-10-20(8-5-6-9-20)16-23-19(22-14-18(25)24(2)3)21-13-17-7-11-27-15-17/h17H,4-16H2,1-3H3,(H2,21,22,23). The topological polar surface area (TPSA) is 75.2 Å². The zero-order valence-electron chi connectivity index (χ0n) is 17.4. The molecule has 1 amide bonds. The summed E-state index contributed by atoms with van der Waals surface area (Å²) in [5, 5.41) is 6.94. The van der Waals surface area contributed by atoms with Gasteiger partial charge in [0.1, 0.15) is 6.54 Å². The lowest BCUT2D eigenvalue weighted by Crippen LogP contribution is -2.45. The van der Waals surface area contributed by atoms with E-state index >= 15 is 0 Å². The Labute approximate surface area is 164 Å². The van der Waals surface area contributed by atoms with Crippen molar-refractivity contribution in [1.29, 1.82) is 0 Å². The molecule has 0 aromatic heterocycles. The van der Waals surface area contributed by atoms with Crippen LogP contribution in [0.2, 0.25) is 0 Å². The van der Waals surface area contributed by atoms with Crippen LogP contribution in [0.4, 0.5) is 0 Å². The molecule has 2 N–H and O–H groups in total. The molecule has 0 radical (unpaired) electrons. The first-order chi connectivity index (χ1) is 13.0. The summed E-state index contributed by atoms with van der Waals surface area (Å²) in [4.78, 5) is 18.0. The number of hydrogen-bond donors (Lipinski definition) is 2. The van der Waals surface area contributed by atoms with Gasteiger partial charge in [0.2, 0.25) is 5.91 Å². The van der Waals surface area contributed by atoms with Gasteiger partial charge >= 0.3 is 0 Å². The lowest BCUT2D eigenvalue weighted by atomic mass is 9.83. The normalized spacial score (nSPS) is 22.0. The van der Waals surface area contributed by atoms with Crippen molar-refractivity contribution >= 4 is 11.9 Å². The molecule has 2 aliphatic rings. The largest absolute Gasteiger partial charge is 0.382 e. The molecular formula is C20H38N4O3. The van der Waals surface area contributed by atoms with E-state index in [1.54, 1.807) is 19.0 Å². The Balaban J connectivity index is 1.91. The maximum atomic E-state index is 11.9. The average Bonchev–Trinajstić information content (AvgIpc) is 3.33. The van der Waals surface area contributed by atoms with Crippen molar-refractivity contribution in [2.24, 2.45) is 16.3 Å². The highest BCUT2D eigenvalue weighted by atomic mass is 16.5. The molecular weight excluding hydrogens is 344 g/mol. The van der Waals surface area contributed by atoms with Gasteiger partial charge in [0, 0.05) is 52.9 Å². The van der Waals surface area contributed by atoms with Crippen LogP contribution in [0.1, 0.15) is 45.4 Å². The minimum absolute atomic E-state index is 0.00669. The van der Waals surface area contributed by atoms with Gasteiger partial charge in [0.15, 0.2) is 5.96 Å². The highest BCUT2D eigenvalue weighted by Gasteiger charge is 2.33. The third kappa shape index (κ3) is 7.66. The van der Waals surface area contributed by atoms with Crippen molar-refractivity contribution in [2.75, 3.05) is 60.2 Å². The highest BCUT2D eigenvalue weighted by molar-refractivity contribution is 5.84. The third-order valence-electron chi connectivity index (χ3n) is 5.73. The molecule has 27 heavy (non-hydrogen) atoms. The number of guanidine groups is 1. The second-order valence-corrected chi connectivity index (χ2v) is 8.07. The number of ether oxygens (including phenoxy) is 2. The van der Waals surface area contributed by atoms with Gasteiger partial charge in [0.25, 0.3) is 0 Å². The van der Waals surface area contributed by atoms with Crippen molar-refractivity contribution in [1.82, 2.24) is 15.5 Å².